The van der Waals surface area contributed by atoms with Gasteiger partial charge in [-0.3, -0.25) is 0 Å². The Hall–Kier alpha value is -0.630. The van der Waals surface area contributed by atoms with Gasteiger partial charge in [-0.25, -0.2) is 0 Å². The zero-order valence-electron chi connectivity index (χ0n) is 6.01. The SMILES string of the molecule is C1=[N+]C2=CCNCC2CC1. The molecule has 0 aromatic rings. The van der Waals surface area contributed by atoms with Crippen LogP contribution in [0.5, 0.6) is 0 Å². The van der Waals surface area contributed by atoms with Crippen LogP contribution in [0.3, 0.4) is 0 Å². The Morgan fingerprint density at radius 3 is 3.50 bits per heavy atom. The Balaban J connectivity index is 2.21. The van der Waals surface area contributed by atoms with Crippen molar-refractivity contribution in [1.82, 2.24) is 10.3 Å². The van der Waals surface area contributed by atoms with E-state index < -0.39 is 0 Å². The average Bonchev–Trinajstić information content (AvgIpc) is 2.05. The van der Waals surface area contributed by atoms with Crippen LogP contribution in [0.1, 0.15) is 12.8 Å². The molecule has 0 spiro atoms. The van der Waals surface area contributed by atoms with E-state index in [1.807, 2.05) is 6.21 Å². The molecule has 1 N–H and O–H groups in total. The van der Waals surface area contributed by atoms with Gasteiger partial charge in [-0.1, -0.05) is 0 Å². The third kappa shape index (κ3) is 0.991. The molecule has 2 nitrogen and oxygen atoms in total. The van der Waals surface area contributed by atoms with Gasteiger partial charge < -0.3 is 5.32 Å². The minimum Gasteiger partial charge on any atom is -0.312 e. The van der Waals surface area contributed by atoms with Crippen LogP contribution in [0.25, 0.3) is 0 Å². The third-order valence-corrected chi connectivity index (χ3v) is 2.15. The van der Waals surface area contributed by atoms with Crippen molar-refractivity contribution in [2.24, 2.45) is 5.92 Å². The maximum atomic E-state index is 4.35. The minimum absolute atomic E-state index is 0.707. The normalized spacial score (nSPS) is 31.2. The lowest BCUT2D eigenvalue weighted by Crippen LogP contribution is -2.32. The topological polar surface area (TPSA) is 26.1 Å². The van der Waals surface area contributed by atoms with Crippen molar-refractivity contribution in [2.75, 3.05) is 13.1 Å². The summed E-state index contributed by atoms with van der Waals surface area (Å²) in [6.07, 6.45) is 6.67. The fraction of sp³-hybridized carbons (Fsp3) is 0.625. The molecule has 2 aliphatic rings. The van der Waals surface area contributed by atoms with E-state index in [1.54, 1.807) is 0 Å². The molecule has 0 fully saturated rings. The molecule has 2 heteroatoms. The van der Waals surface area contributed by atoms with Crippen molar-refractivity contribution in [3.05, 3.63) is 11.8 Å². The van der Waals surface area contributed by atoms with Gasteiger partial charge in [0, 0.05) is 25.6 Å². The Kier molecular flexibility index (Phi) is 1.55. The Labute approximate surface area is 61.0 Å². The maximum absolute atomic E-state index is 4.35. The molecule has 2 aliphatic heterocycles. The molecular weight excluding hydrogens is 124 g/mol. The van der Waals surface area contributed by atoms with Crippen LogP contribution in [0, 0.1) is 5.92 Å². The lowest BCUT2D eigenvalue weighted by atomic mass is 9.95. The molecular formula is C8H12N2+. The molecule has 0 aliphatic carbocycles. The number of nitrogens with one attached hydrogen (secondary N) is 1. The van der Waals surface area contributed by atoms with Gasteiger partial charge in [0.05, 0.1) is 10.9 Å². The summed E-state index contributed by atoms with van der Waals surface area (Å²) >= 11 is 0. The summed E-state index contributed by atoms with van der Waals surface area (Å²) in [5.74, 6) is 0.707. The summed E-state index contributed by atoms with van der Waals surface area (Å²) in [6, 6.07) is 0. The van der Waals surface area contributed by atoms with E-state index in [0.29, 0.717) is 5.92 Å². The number of nitrogens with zero attached hydrogens (tertiary/aromatic N) is 1. The Morgan fingerprint density at radius 2 is 2.60 bits per heavy atom. The fourth-order valence-electron chi connectivity index (χ4n) is 1.56. The highest BCUT2D eigenvalue weighted by atomic mass is 14.9. The van der Waals surface area contributed by atoms with E-state index >= 15 is 0 Å². The summed E-state index contributed by atoms with van der Waals surface area (Å²) in [4.78, 5) is 4.35. The second kappa shape index (κ2) is 2.54. The molecule has 0 saturated heterocycles. The van der Waals surface area contributed by atoms with E-state index in [0.717, 1.165) is 19.5 Å². The van der Waals surface area contributed by atoms with Crippen LogP contribution in [0.4, 0.5) is 0 Å². The van der Waals surface area contributed by atoms with Crippen LogP contribution in [-0.4, -0.2) is 19.3 Å². The van der Waals surface area contributed by atoms with Crippen LogP contribution in [0.15, 0.2) is 11.8 Å². The highest BCUT2D eigenvalue weighted by molar-refractivity contribution is 5.59. The predicted molar refractivity (Wildman–Crippen MR) is 41.9 cm³/mol. The second-order valence-electron chi connectivity index (χ2n) is 2.87. The maximum Gasteiger partial charge on any atom is 0.255 e. The first kappa shape index (κ1) is 6.10. The predicted octanol–water partition coefficient (Wildman–Crippen LogP) is 0.290. The Morgan fingerprint density at radius 1 is 1.60 bits per heavy atom. The molecule has 0 bridgehead atoms. The molecule has 0 amide bonds. The van der Waals surface area contributed by atoms with Crippen molar-refractivity contribution in [3.63, 3.8) is 0 Å². The minimum atomic E-state index is 0.707. The first-order chi connectivity index (χ1) is 4.97. The molecule has 1 atom stereocenters. The van der Waals surface area contributed by atoms with Crippen molar-refractivity contribution < 1.29 is 0 Å². The van der Waals surface area contributed by atoms with E-state index in [4.69, 9.17) is 0 Å². The molecule has 0 aromatic heterocycles. The van der Waals surface area contributed by atoms with Crippen molar-refractivity contribution >= 4 is 6.21 Å². The van der Waals surface area contributed by atoms with Gasteiger partial charge in [0.2, 0.25) is 6.21 Å². The monoisotopic (exact) mass is 136 g/mol. The molecule has 1 unspecified atom stereocenters. The summed E-state index contributed by atoms with van der Waals surface area (Å²) in [7, 11) is 0. The fourth-order valence-corrected chi connectivity index (χ4v) is 1.56. The second-order valence-corrected chi connectivity index (χ2v) is 2.87. The van der Waals surface area contributed by atoms with Gasteiger partial charge in [-0.05, 0) is 6.42 Å². The molecule has 1 radical (unpaired) electrons. The zero-order valence-corrected chi connectivity index (χ0v) is 6.01. The number of rotatable bonds is 0. The van der Waals surface area contributed by atoms with Gasteiger partial charge in [0.1, 0.15) is 0 Å². The standard InChI is InChI=1S/C8H12N2/c1-2-7-6-9-5-3-8(7)10-4-1/h3-4,7,9H,1-2,5-6H2/q+1. The van der Waals surface area contributed by atoms with Crippen LogP contribution in [-0.2, 0) is 0 Å². The molecule has 10 heavy (non-hydrogen) atoms. The van der Waals surface area contributed by atoms with E-state index in [-0.39, 0.29) is 0 Å². The number of hydrogen-bond donors (Lipinski definition) is 1. The number of fused-ring (bicyclic) bond motifs is 1. The van der Waals surface area contributed by atoms with E-state index in [9.17, 15) is 0 Å². The average molecular weight is 136 g/mol. The van der Waals surface area contributed by atoms with Gasteiger partial charge in [-0.2, -0.15) is 0 Å². The lowest BCUT2D eigenvalue weighted by Gasteiger charge is -2.16. The highest BCUT2D eigenvalue weighted by Crippen LogP contribution is 2.18. The van der Waals surface area contributed by atoms with Gasteiger partial charge in [0.25, 0.3) is 5.70 Å². The summed E-state index contributed by atoms with van der Waals surface area (Å²) in [6.45, 7) is 2.13. The molecule has 2 rings (SSSR count). The zero-order chi connectivity index (χ0) is 6.81. The van der Waals surface area contributed by atoms with Crippen molar-refractivity contribution in [2.45, 2.75) is 12.8 Å². The molecule has 0 aromatic carbocycles. The van der Waals surface area contributed by atoms with Crippen LogP contribution < -0.4 is 10.3 Å². The van der Waals surface area contributed by atoms with Gasteiger partial charge >= 0.3 is 0 Å². The first-order valence-corrected chi connectivity index (χ1v) is 3.90. The lowest BCUT2D eigenvalue weighted by molar-refractivity contribution is 0.481. The summed E-state index contributed by atoms with van der Waals surface area (Å²) in [5.41, 5.74) is 1.31. The van der Waals surface area contributed by atoms with E-state index in [1.165, 1.54) is 12.1 Å². The third-order valence-electron chi connectivity index (χ3n) is 2.15. The summed E-state index contributed by atoms with van der Waals surface area (Å²) < 4.78 is 0. The van der Waals surface area contributed by atoms with E-state index in [2.05, 4.69) is 16.4 Å². The first-order valence-electron chi connectivity index (χ1n) is 3.90. The smallest absolute Gasteiger partial charge is 0.255 e. The quantitative estimate of drug-likeness (QED) is 0.509. The number of aliphatic imine (C=N–C) groups is 1. The molecule has 53 valence electrons. The highest BCUT2D eigenvalue weighted by Gasteiger charge is 2.27. The van der Waals surface area contributed by atoms with Crippen molar-refractivity contribution in [3.8, 4) is 0 Å². The number of hydrogen-bond acceptors (Lipinski definition) is 2. The molecule has 0 saturated carbocycles. The van der Waals surface area contributed by atoms with Gasteiger partial charge in [0.15, 0.2) is 0 Å². The van der Waals surface area contributed by atoms with Crippen LogP contribution in [0.2, 0.25) is 0 Å². The van der Waals surface area contributed by atoms with Gasteiger partial charge in [-0.15, -0.1) is 0 Å². The largest absolute Gasteiger partial charge is 0.312 e. The summed E-state index contributed by atoms with van der Waals surface area (Å²) in [5, 5.41) is 3.33. The molecule has 2 heterocycles. The Bertz CT molecular complexity index is 182. The van der Waals surface area contributed by atoms with Crippen LogP contribution >= 0.6 is 0 Å². The van der Waals surface area contributed by atoms with Crippen molar-refractivity contribution in [1.29, 1.82) is 0 Å².